The minimum absolute atomic E-state index is 0.366. The highest BCUT2D eigenvalue weighted by Crippen LogP contribution is 2.27. The van der Waals surface area contributed by atoms with Gasteiger partial charge in [-0.25, -0.2) is 0 Å². The van der Waals surface area contributed by atoms with Crippen LogP contribution in [-0.4, -0.2) is 11.0 Å². The minimum atomic E-state index is -0.477. The molecule has 1 aliphatic rings. The number of thiocarbonyl (C=S) groups is 1. The fourth-order valence-corrected chi connectivity index (χ4v) is 3.04. The van der Waals surface area contributed by atoms with Crippen LogP contribution in [0.1, 0.15) is 24.1 Å². The molecule has 5 nitrogen and oxygen atoms in total. The normalized spacial score (nSPS) is 16.8. The van der Waals surface area contributed by atoms with Crippen LogP contribution in [0.3, 0.4) is 0 Å². The lowest BCUT2D eigenvalue weighted by molar-refractivity contribution is -0.115. The molecule has 1 aliphatic heterocycles. The van der Waals surface area contributed by atoms with Gasteiger partial charge in [-0.3, -0.25) is 4.79 Å². The first-order chi connectivity index (χ1) is 12.0. The summed E-state index contributed by atoms with van der Waals surface area (Å²) in [4.78, 5) is 11.8. The number of carbonyl (C=O) groups is 1. The lowest BCUT2D eigenvalue weighted by Crippen LogP contribution is -2.46. The van der Waals surface area contributed by atoms with Gasteiger partial charge in [-0.15, -0.1) is 0 Å². The van der Waals surface area contributed by atoms with E-state index in [0.29, 0.717) is 23.0 Å². The van der Waals surface area contributed by atoms with Crippen molar-refractivity contribution in [3.63, 3.8) is 0 Å². The van der Waals surface area contributed by atoms with Gasteiger partial charge in [-0.05, 0) is 42.4 Å². The van der Waals surface area contributed by atoms with Gasteiger partial charge >= 0.3 is 0 Å². The number of nitrogens with two attached hydrogens (primary N) is 1. The maximum Gasteiger partial charge on any atom is 0.248 e. The van der Waals surface area contributed by atoms with Crippen LogP contribution in [0.15, 0.2) is 65.9 Å². The Morgan fingerprint density at radius 3 is 2.48 bits per heavy atom. The third-order valence-electron chi connectivity index (χ3n) is 4.00. The van der Waals surface area contributed by atoms with E-state index in [4.69, 9.17) is 22.7 Å². The van der Waals surface area contributed by atoms with E-state index in [1.165, 1.54) is 0 Å². The fraction of sp³-hybridized carbons (Fsp3) is 0.158. The van der Waals surface area contributed by atoms with Gasteiger partial charge in [0.05, 0.1) is 11.6 Å². The average Bonchev–Trinajstić information content (AvgIpc) is 2.60. The molecule has 0 radical (unpaired) electrons. The Morgan fingerprint density at radius 2 is 1.84 bits per heavy atom. The molecule has 0 aromatic heterocycles. The van der Waals surface area contributed by atoms with Gasteiger partial charge < -0.3 is 21.1 Å². The summed E-state index contributed by atoms with van der Waals surface area (Å²) in [5.74, 6) is 0.278. The second kappa shape index (κ2) is 7.36. The van der Waals surface area contributed by atoms with Gasteiger partial charge in [0.25, 0.3) is 0 Å². The molecule has 0 saturated carbocycles. The third-order valence-corrected chi connectivity index (χ3v) is 4.22. The molecule has 0 bridgehead atoms. The third kappa shape index (κ3) is 3.97. The first-order valence-electron chi connectivity index (χ1n) is 7.89. The second-order valence-electron chi connectivity index (χ2n) is 5.78. The number of hydrogen-bond acceptors (Lipinski definition) is 3. The molecule has 3 rings (SSSR count). The van der Waals surface area contributed by atoms with Crippen LogP contribution in [0.4, 0.5) is 0 Å². The Balaban J connectivity index is 1.76. The molecule has 6 heteroatoms. The molecule has 0 aliphatic carbocycles. The number of rotatable bonds is 5. The fourth-order valence-electron chi connectivity index (χ4n) is 2.77. The van der Waals surface area contributed by atoms with Crippen LogP contribution in [0, 0.1) is 0 Å². The van der Waals surface area contributed by atoms with Gasteiger partial charge in [0.1, 0.15) is 12.4 Å². The maximum absolute atomic E-state index is 11.8. The predicted molar refractivity (Wildman–Crippen MR) is 101 cm³/mol. The zero-order valence-electron chi connectivity index (χ0n) is 13.8. The Labute approximate surface area is 151 Å². The molecule has 1 heterocycles. The van der Waals surface area contributed by atoms with E-state index >= 15 is 0 Å². The van der Waals surface area contributed by atoms with Gasteiger partial charge in [-0.2, -0.15) is 0 Å². The van der Waals surface area contributed by atoms with E-state index in [-0.39, 0.29) is 6.04 Å². The summed E-state index contributed by atoms with van der Waals surface area (Å²) < 4.78 is 5.79. The van der Waals surface area contributed by atoms with Crippen LogP contribution < -0.4 is 21.1 Å². The predicted octanol–water partition coefficient (Wildman–Crippen LogP) is 2.54. The first-order valence-corrected chi connectivity index (χ1v) is 8.30. The Morgan fingerprint density at radius 1 is 1.16 bits per heavy atom. The largest absolute Gasteiger partial charge is 0.489 e. The van der Waals surface area contributed by atoms with Gasteiger partial charge in [0, 0.05) is 5.70 Å². The zero-order chi connectivity index (χ0) is 17.8. The van der Waals surface area contributed by atoms with Crippen LogP contribution in [-0.2, 0) is 11.4 Å². The van der Waals surface area contributed by atoms with Gasteiger partial charge in [0.2, 0.25) is 5.91 Å². The maximum atomic E-state index is 11.8. The number of nitrogens with one attached hydrogen (secondary N) is 2. The molecule has 0 spiro atoms. The summed E-state index contributed by atoms with van der Waals surface area (Å²) >= 11 is 5.19. The molecule has 128 valence electrons. The van der Waals surface area contributed by atoms with Crippen molar-refractivity contribution in [2.45, 2.75) is 19.6 Å². The second-order valence-corrected chi connectivity index (χ2v) is 6.19. The number of ether oxygens (including phenoxy) is 1. The van der Waals surface area contributed by atoms with Crippen LogP contribution in [0.2, 0.25) is 0 Å². The van der Waals surface area contributed by atoms with Crippen molar-refractivity contribution in [3.8, 4) is 5.75 Å². The number of carbonyl (C=O) groups excluding carboxylic acids is 1. The van der Waals surface area contributed by atoms with E-state index < -0.39 is 5.91 Å². The van der Waals surface area contributed by atoms with Crippen molar-refractivity contribution < 1.29 is 9.53 Å². The summed E-state index contributed by atoms with van der Waals surface area (Å²) in [6.45, 7) is 2.29. The van der Waals surface area contributed by atoms with E-state index in [1.807, 2.05) is 54.6 Å². The topological polar surface area (TPSA) is 76.4 Å². The smallest absolute Gasteiger partial charge is 0.248 e. The van der Waals surface area contributed by atoms with E-state index in [0.717, 1.165) is 16.9 Å². The Kier molecular flexibility index (Phi) is 5.00. The van der Waals surface area contributed by atoms with Gasteiger partial charge in [-0.1, -0.05) is 42.5 Å². The summed E-state index contributed by atoms with van der Waals surface area (Å²) in [6, 6.07) is 17.2. The Hall–Kier alpha value is -2.86. The standard InChI is InChI=1S/C19H19N3O2S/c1-12-16(18(20)23)17(22-19(25)21-12)14-7-9-15(10-8-14)24-11-13-5-3-2-4-6-13/h2-10,17H,11H2,1H3,(H2,20,23)(H2,21,22,25). The molecule has 0 saturated heterocycles. The highest BCUT2D eigenvalue weighted by molar-refractivity contribution is 7.80. The Bertz CT molecular complexity index is 816. The van der Waals surface area contributed by atoms with Crippen molar-refractivity contribution in [1.82, 2.24) is 10.6 Å². The molecule has 2 aromatic rings. The molecular formula is C19H19N3O2S. The lowest BCUT2D eigenvalue weighted by Gasteiger charge is -2.29. The molecule has 4 N–H and O–H groups in total. The van der Waals surface area contributed by atoms with Crippen molar-refractivity contribution >= 4 is 23.2 Å². The van der Waals surface area contributed by atoms with Crippen LogP contribution >= 0.6 is 12.2 Å². The van der Waals surface area contributed by atoms with E-state index in [2.05, 4.69) is 10.6 Å². The van der Waals surface area contributed by atoms with Crippen molar-refractivity contribution in [3.05, 3.63) is 77.0 Å². The number of benzene rings is 2. The zero-order valence-corrected chi connectivity index (χ0v) is 14.6. The average molecular weight is 353 g/mol. The number of hydrogen-bond donors (Lipinski definition) is 3. The SMILES string of the molecule is CC1=C(C(N)=O)C(c2ccc(OCc3ccccc3)cc2)NC(=S)N1. The molecule has 2 aromatic carbocycles. The lowest BCUT2D eigenvalue weighted by atomic mass is 9.95. The van der Waals surface area contributed by atoms with Crippen LogP contribution in [0.5, 0.6) is 5.75 Å². The molecule has 1 amide bonds. The number of amides is 1. The molecule has 1 unspecified atom stereocenters. The molecule has 25 heavy (non-hydrogen) atoms. The summed E-state index contributed by atoms with van der Waals surface area (Å²) in [6.07, 6.45) is 0. The van der Waals surface area contributed by atoms with Crippen LogP contribution in [0.25, 0.3) is 0 Å². The monoisotopic (exact) mass is 353 g/mol. The van der Waals surface area contributed by atoms with Crippen molar-refractivity contribution in [1.29, 1.82) is 0 Å². The first kappa shape index (κ1) is 17.0. The quantitative estimate of drug-likeness (QED) is 0.720. The minimum Gasteiger partial charge on any atom is -0.489 e. The number of primary amides is 1. The van der Waals surface area contributed by atoms with E-state index in [9.17, 15) is 4.79 Å². The highest BCUT2D eigenvalue weighted by Gasteiger charge is 2.28. The molecule has 1 atom stereocenters. The molecular weight excluding hydrogens is 334 g/mol. The number of allylic oxidation sites excluding steroid dienone is 1. The molecule has 0 fully saturated rings. The summed E-state index contributed by atoms with van der Waals surface area (Å²) in [7, 11) is 0. The van der Waals surface area contributed by atoms with Crippen molar-refractivity contribution in [2.24, 2.45) is 5.73 Å². The highest BCUT2D eigenvalue weighted by atomic mass is 32.1. The van der Waals surface area contributed by atoms with E-state index in [1.54, 1.807) is 6.92 Å². The van der Waals surface area contributed by atoms with Gasteiger partial charge in [0.15, 0.2) is 5.11 Å². The van der Waals surface area contributed by atoms with Crippen molar-refractivity contribution in [2.75, 3.05) is 0 Å². The summed E-state index contributed by atoms with van der Waals surface area (Å²) in [5.41, 5.74) is 8.67. The summed E-state index contributed by atoms with van der Waals surface area (Å²) in [5, 5.41) is 6.50.